The molecule has 0 spiro atoms. The molecule has 0 bridgehead atoms. The van der Waals surface area contributed by atoms with Crippen molar-refractivity contribution < 1.29 is 13.9 Å². The Balaban J connectivity index is 1.44. The van der Waals surface area contributed by atoms with Crippen LogP contribution in [0.3, 0.4) is 0 Å². The number of hydrogen-bond donors (Lipinski definition) is 1. The van der Waals surface area contributed by atoms with E-state index in [1.54, 1.807) is 13.2 Å². The fourth-order valence-corrected chi connectivity index (χ4v) is 3.90. The molecule has 0 radical (unpaired) electrons. The van der Waals surface area contributed by atoms with E-state index in [4.69, 9.17) is 9.15 Å². The number of furan rings is 1. The maximum absolute atomic E-state index is 12.3. The molecule has 0 fully saturated rings. The van der Waals surface area contributed by atoms with Gasteiger partial charge in [0.25, 0.3) is 0 Å². The maximum Gasteiger partial charge on any atom is 0.234 e. The Morgan fingerprint density at radius 2 is 2.10 bits per heavy atom. The van der Waals surface area contributed by atoms with Crippen LogP contribution in [0.2, 0.25) is 0 Å². The van der Waals surface area contributed by atoms with Crippen molar-refractivity contribution >= 4 is 50.3 Å². The number of thioether (sulfide) groups is 1. The van der Waals surface area contributed by atoms with E-state index < -0.39 is 0 Å². The molecule has 0 aliphatic carbocycles. The Morgan fingerprint density at radius 3 is 2.93 bits per heavy atom. The second-order valence-corrected chi connectivity index (χ2v) is 8.08. The number of methoxy groups -OCH3 is 1. The summed E-state index contributed by atoms with van der Waals surface area (Å²) in [6, 6.07) is 15.0. The summed E-state index contributed by atoms with van der Waals surface area (Å²) in [4.78, 5) is 12.3. The average molecular weight is 473 g/mol. The number of aromatic nitrogens is 3. The quantitative estimate of drug-likeness (QED) is 0.408. The van der Waals surface area contributed by atoms with Crippen LogP contribution in [0.1, 0.15) is 0 Å². The predicted molar refractivity (Wildman–Crippen MR) is 116 cm³/mol. The van der Waals surface area contributed by atoms with Crippen molar-refractivity contribution in [3.63, 3.8) is 0 Å². The molecule has 4 rings (SSSR count). The standard InChI is InChI=1S/C20H17BrN4O3S/c1-25-19(17-9-12-8-13(21)6-7-16(12)28-17)23-24-20(25)29-11-18(26)22-14-4-3-5-15(10-14)27-2/h3-10H,11H2,1-2H3,(H,22,26). The molecular weight excluding hydrogens is 456 g/mol. The van der Waals surface area contributed by atoms with E-state index in [0.29, 0.717) is 28.2 Å². The van der Waals surface area contributed by atoms with Gasteiger partial charge in [-0.3, -0.25) is 4.79 Å². The van der Waals surface area contributed by atoms with Crippen molar-refractivity contribution in [1.29, 1.82) is 0 Å². The summed E-state index contributed by atoms with van der Waals surface area (Å²) in [5.74, 6) is 1.98. The smallest absolute Gasteiger partial charge is 0.234 e. The van der Waals surface area contributed by atoms with Crippen molar-refractivity contribution in [2.45, 2.75) is 5.16 Å². The Morgan fingerprint density at radius 1 is 1.24 bits per heavy atom. The van der Waals surface area contributed by atoms with Gasteiger partial charge in [-0.15, -0.1) is 10.2 Å². The third kappa shape index (κ3) is 4.30. The number of anilines is 1. The first-order valence-corrected chi connectivity index (χ1v) is 10.5. The minimum absolute atomic E-state index is 0.138. The van der Waals surface area contributed by atoms with Crippen LogP contribution in [0.15, 0.2) is 62.6 Å². The summed E-state index contributed by atoms with van der Waals surface area (Å²) >= 11 is 4.77. The number of ether oxygens (including phenoxy) is 1. The normalized spacial score (nSPS) is 11.0. The zero-order valence-corrected chi connectivity index (χ0v) is 18.1. The van der Waals surface area contributed by atoms with Crippen LogP contribution in [0.5, 0.6) is 5.75 Å². The summed E-state index contributed by atoms with van der Waals surface area (Å²) in [5.41, 5.74) is 1.46. The molecule has 148 valence electrons. The number of hydrogen-bond acceptors (Lipinski definition) is 6. The number of amides is 1. The van der Waals surface area contributed by atoms with Crippen LogP contribution in [0, 0.1) is 0 Å². The zero-order chi connectivity index (χ0) is 20.4. The van der Waals surface area contributed by atoms with Crippen LogP contribution in [0.25, 0.3) is 22.6 Å². The van der Waals surface area contributed by atoms with Gasteiger partial charge < -0.3 is 19.0 Å². The molecule has 0 aliphatic rings. The van der Waals surface area contributed by atoms with E-state index in [0.717, 1.165) is 15.4 Å². The highest BCUT2D eigenvalue weighted by Crippen LogP contribution is 2.30. The number of carbonyl (C=O) groups is 1. The minimum Gasteiger partial charge on any atom is -0.497 e. The molecule has 2 aromatic heterocycles. The van der Waals surface area contributed by atoms with Gasteiger partial charge in [0, 0.05) is 28.7 Å². The molecule has 2 heterocycles. The molecule has 4 aromatic rings. The molecule has 0 unspecified atom stereocenters. The maximum atomic E-state index is 12.3. The molecule has 9 heteroatoms. The molecule has 2 aromatic carbocycles. The SMILES string of the molecule is COc1cccc(NC(=O)CSc2nnc(-c3cc4cc(Br)ccc4o3)n2C)c1. The van der Waals surface area contributed by atoms with Crippen LogP contribution in [-0.4, -0.2) is 33.5 Å². The van der Waals surface area contributed by atoms with E-state index >= 15 is 0 Å². The topological polar surface area (TPSA) is 82.2 Å². The third-order valence-electron chi connectivity index (χ3n) is 4.22. The first-order valence-electron chi connectivity index (χ1n) is 8.69. The summed E-state index contributed by atoms with van der Waals surface area (Å²) in [6.07, 6.45) is 0. The van der Waals surface area contributed by atoms with Gasteiger partial charge in [-0.2, -0.15) is 0 Å². The zero-order valence-electron chi connectivity index (χ0n) is 15.7. The van der Waals surface area contributed by atoms with Crippen molar-refractivity contribution in [3.8, 4) is 17.3 Å². The number of fused-ring (bicyclic) bond motifs is 1. The highest BCUT2D eigenvalue weighted by atomic mass is 79.9. The van der Waals surface area contributed by atoms with Crippen molar-refractivity contribution in [3.05, 3.63) is 53.0 Å². The average Bonchev–Trinajstić information content (AvgIpc) is 3.29. The van der Waals surface area contributed by atoms with Gasteiger partial charge in [-0.05, 0) is 36.4 Å². The number of nitrogens with one attached hydrogen (secondary N) is 1. The largest absolute Gasteiger partial charge is 0.497 e. The minimum atomic E-state index is -0.138. The van der Waals surface area contributed by atoms with Crippen LogP contribution < -0.4 is 10.1 Å². The summed E-state index contributed by atoms with van der Waals surface area (Å²) < 4.78 is 13.8. The molecule has 7 nitrogen and oxygen atoms in total. The Labute approximate surface area is 179 Å². The van der Waals surface area contributed by atoms with E-state index in [-0.39, 0.29) is 11.7 Å². The van der Waals surface area contributed by atoms with Gasteiger partial charge in [0.1, 0.15) is 11.3 Å². The fourth-order valence-electron chi connectivity index (χ4n) is 2.81. The first-order chi connectivity index (χ1) is 14.0. The van der Waals surface area contributed by atoms with E-state index in [9.17, 15) is 4.79 Å². The Bertz CT molecular complexity index is 1190. The number of carbonyl (C=O) groups excluding carboxylic acids is 1. The molecule has 0 saturated heterocycles. The number of benzene rings is 2. The Kier molecular flexibility index (Phi) is 5.59. The van der Waals surface area contributed by atoms with Crippen molar-refractivity contribution in [2.24, 2.45) is 7.05 Å². The highest BCUT2D eigenvalue weighted by Gasteiger charge is 2.16. The lowest BCUT2D eigenvalue weighted by atomic mass is 10.2. The van der Waals surface area contributed by atoms with Gasteiger partial charge in [-0.1, -0.05) is 33.8 Å². The third-order valence-corrected chi connectivity index (χ3v) is 5.73. The van der Waals surface area contributed by atoms with E-state index in [1.165, 1.54) is 11.8 Å². The van der Waals surface area contributed by atoms with E-state index in [2.05, 4.69) is 31.4 Å². The lowest BCUT2D eigenvalue weighted by Gasteiger charge is -2.07. The molecule has 0 aliphatic heterocycles. The van der Waals surface area contributed by atoms with Crippen molar-refractivity contribution in [2.75, 3.05) is 18.2 Å². The molecule has 1 amide bonds. The predicted octanol–water partition coefficient (Wildman–Crippen LogP) is 4.73. The van der Waals surface area contributed by atoms with Gasteiger partial charge in [0.2, 0.25) is 5.91 Å². The first kappa shape index (κ1) is 19.5. The second-order valence-electron chi connectivity index (χ2n) is 6.23. The summed E-state index contributed by atoms with van der Waals surface area (Å²) in [6.45, 7) is 0. The molecule has 29 heavy (non-hydrogen) atoms. The number of rotatable bonds is 6. The summed E-state index contributed by atoms with van der Waals surface area (Å²) in [7, 11) is 3.43. The van der Waals surface area contributed by atoms with Gasteiger partial charge in [0.15, 0.2) is 16.7 Å². The number of halogens is 1. The lowest BCUT2D eigenvalue weighted by molar-refractivity contribution is -0.113. The lowest BCUT2D eigenvalue weighted by Crippen LogP contribution is -2.14. The molecule has 0 saturated carbocycles. The van der Waals surface area contributed by atoms with E-state index in [1.807, 2.05) is 54.1 Å². The monoisotopic (exact) mass is 472 g/mol. The number of nitrogens with zero attached hydrogens (tertiary/aromatic N) is 3. The van der Waals surface area contributed by atoms with Gasteiger partial charge in [0.05, 0.1) is 12.9 Å². The van der Waals surface area contributed by atoms with Crippen molar-refractivity contribution in [1.82, 2.24) is 14.8 Å². The van der Waals surface area contributed by atoms with Crippen LogP contribution >= 0.6 is 27.7 Å². The van der Waals surface area contributed by atoms with Crippen LogP contribution in [-0.2, 0) is 11.8 Å². The molecular formula is C20H17BrN4O3S. The van der Waals surface area contributed by atoms with Gasteiger partial charge in [-0.25, -0.2) is 0 Å². The fraction of sp³-hybridized carbons (Fsp3) is 0.150. The second kappa shape index (κ2) is 8.30. The molecule has 1 N–H and O–H groups in total. The molecule has 0 atom stereocenters. The highest BCUT2D eigenvalue weighted by molar-refractivity contribution is 9.10. The van der Waals surface area contributed by atoms with Crippen LogP contribution in [0.4, 0.5) is 5.69 Å². The Hall–Kier alpha value is -2.78. The van der Waals surface area contributed by atoms with Gasteiger partial charge >= 0.3 is 0 Å². The summed E-state index contributed by atoms with van der Waals surface area (Å²) in [5, 5.41) is 12.9.